The lowest BCUT2D eigenvalue weighted by atomic mass is 9.77. The molecule has 6 heteroatoms. The van der Waals surface area contributed by atoms with E-state index >= 15 is 0 Å². The van der Waals surface area contributed by atoms with Crippen LogP contribution >= 0.6 is 0 Å². The summed E-state index contributed by atoms with van der Waals surface area (Å²) >= 11 is 0. The Morgan fingerprint density at radius 2 is 1.88 bits per heavy atom. The summed E-state index contributed by atoms with van der Waals surface area (Å²) in [6.45, 7) is 2.82. The van der Waals surface area contributed by atoms with Crippen molar-refractivity contribution < 1.29 is 14.4 Å². The summed E-state index contributed by atoms with van der Waals surface area (Å²) < 4.78 is 0. The fourth-order valence-corrected chi connectivity index (χ4v) is 6.14. The Balaban J connectivity index is 1.26. The van der Waals surface area contributed by atoms with Gasteiger partial charge in [-0.1, -0.05) is 31.4 Å². The first-order chi connectivity index (χ1) is 15.5. The zero-order chi connectivity index (χ0) is 22.2. The number of piperidine rings is 1. The van der Waals surface area contributed by atoms with Gasteiger partial charge in [-0.3, -0.25) is 19.7 Å². The minimum atomic E-state index is -0.545. The molecule has 2 aliphatic heterocycles. The van der Waals surface area contributed by atoms with Gasteiger partial charge < -0.3 is 10.2 Å². The van der Waals surface area contributed by atoms with Crippen LogP contribution in [0.4, 0.5) is 0 Å². The zero-order valence-electron chi connectivity index (χ0n) is 19.1. The van der Waals surface area contributed by atoms with Gasteiger partial charge in [0.15, 0.2) is 0 Å². The number of nitrogens with zero attached hydrogens (tertiary/aromatic N) is 1. The third-order valence-electron chi connectivity index (χ3n) is 8.33. The standard InChI is InChI=1S/C26H35N3O3/c1-16(18-6-4-7-18)27-22-8-3-2-5-19(22)13-17-9-10-21-20(14-17)15-29(26(21)32)23-11-12-24(30)28-25(23)31/h9-10,14,16,18-19,22-23,27H,2-8,11-13,15H2,1H3,(H,28,30,31)/t16-,19-,22+,23?/m1/s1. The predicted molar refractivity (Wildman–Crippen MR) is 122 cm³/mol. The monoisotopic (exact) mass is 437 g/mol. The van der Waals surface area contributed by atoms with Crippen molar-refractivity contribution in [2.45, 2.75) is 95.8 Å². The zero-order valence-corrected chi connectivity index (χ0v) is 19.1. The first kappa shape index (κ1) is 21.6. The number of amides is 3. The van der Waals surface area contributed by atoms with Gasteiger partial charge in [0, 0.05) is 30.6 Å². The normalized spacial score (nSPS) is 29.5. The number of imide groups is 1. The fourth-order valence-electron chi connectivity index (χ4n) is 6.14. The van der Waals surface area contributed by atoms with Crippen LogP contribution in [0.3, 0.4) is 0 Å². The highest BCUT2D eigenvalue weighted by atomic mass is 16.2. The van der Waals surface area contributed by atoms with Gasteiger partial charge in [0.1, 0.15) is 6.04 Å². The van der Waals surface area contributed by atoms with Gasteiger partial charge in [-0.25, -0.2) is 0 Å². The number of hydrogen-bond donors (Lipinski definition) is 2. The smallest absolute Gasteiger partial charge is 0.255 e. The fraction of sp³-hybridized carbons (Fsp3) is 0.654. The number of carbonyl (C=O) groups excluding carboxylic acids is 3. The molecule has 6 nitrogen and oxygen atoms in total. The molecule has 1 aromatic rings. The van der Waals surface area contributed by atoms with Crippen molar-refractivity contribution in [3.05, 3.63) is 34.9 Å². The molecule has 0 spiro atoms. The molecule has 2 aliphatic carbocycles. The molecule has 1 aromatic carbocycles. The van der Waals surface area contributed by atoms with Crippen LogP contribution < -0.4 is 10.6 Å². The van der Waals surface area contributed by atoms with E-state index in [1.54, 1.807) is 4.90 Å². The van der Waals surface area contributed by atoms with Crippen LogP contribution in [0.2, 0.25) is 0 Å². The van der Waals surface area contributed by atoms with Crippen molar-refractivity contribution in [1.82, 2.24) is 15.5 Å². The third kappa shape index (κ3) is 4.21. The van der Waals surface area contributed by atoms with Gasteiger partial charge in [0.2, 0.25) is 11.8 Å². The van der Waals surface area contributed by atoms with Gasteiger partial charge in [-0.2, -0.15) is 0 Å². The average Bonchev–Trinajstić information content (AvgIpc) is 3.04. The van der Waals surface area contributed by atoms with E-state index in [0.717, 1.165) is 17.9 Å². The SMILES string of the molecule is C[C@@H](N[C@H]1CCCC[C@@H]1Cc1ccc2c(c1)CN(C1CCC(=O)NC1=O)C2=O)C1CCC1. The van der Waals surface area contributed by atoms with Gasteiger partial charge in [-0.15, -0.1) is 0 Å². The van der Waals surface area contributed by atoms with E-state index in [0.29, 0.717) is 36.5 Å². The van der Waals surface area contributed by atoms with Gasteiger partial charge >= 0.3 is 0 Å². The molecule has 2 N–H and O–H groups in total. The average molecular weight is 438 g/mol. The second kappa shape index (κ2) is 8.97. The topological polar surface area (TPSA) is 78.5 Å². The highest BCUT2D eigenvalue weighted by Crippen LogP contribution is 2.34. The predicted octanol–water partition coefficient (Wildman–Crippen LogP) is 3.33. The second-order valence-electron chi connectivity index (χ2n) is 10.4. The number of benzene rings is 1. The molecule has 3 fully saturated rings. The maximum atomic E-state index is 12.9. The lowest BCUT2D eigenvalue weighted by Gasteiger charge is -2.39. The molecule has 5 rings (SSSR count). The van der Waals surface area contributed by atoms with E-state index in [2.05, 4.69) is 29.7 Å². The van der Waals surface area contributed by atoms with Gasteiger partial charge in [-0.05, 0) is 74.5 Å². The van der Waals surface area contributed by atoms with Crippen LogP contribution in [0.5, 0.6) is 0 Å². The van der Waals surface area contributed by atoms with E-state index in [1.165, 1.54) is 50.5 Å². The van der Waals surface area contributed by atoms with Crippen molar-refractivity contribution in [1.29, 1.82) is 0 Å². The minimum absolute atomic E-state index is 0.0902. The van der Waals surface area contributed by atoms with Crippen molar-refractivity contribution in [2.75, 3.05) is 0 Å². The Kier molecular flexibility index (Phi) is 6.06. The van der Waals surface area contributed by atoms with Crippen LogP contribution in [-0.4, -0.2) is 40.7 Å². The Labute approximate surface area is 190 Å². The van der Waals surface area contributed by atoms with Crippen molar-refractivity contribution >= 4 is 17.7 Å². The molecule has 4 atom stereocenters. The minimum Gasteiger partial charge on any atom is -0.322 e. The lowest BCUT2D eigenvalue weighted by Crippen LogP contribution is -2.52. The summed E-state index contributed by atoms with van der Waals surface area (Å²) in [7, 11) is 0. The molecule has 3 amide bonds. The first-order valence-electron chi connectivity index (χ1n) is 12.5. The van der Waals surface area contributed by atoms with Crippen molar-refractivity contribution in [3.63, 3.8) is 0 Å². The van der Waals surface area contributed by atoms with Crippen molar-refractivity contribution in [2.24, 2.45) is 11.8 Å². The van der Waals surface area contributed by atoms with Crippen LogP contribution in [0.15, 0.2) is 18.2 Å². The molecular weight excluding hydrogens is 402 g/mol. The largest absolute Gasteiger partial charge is 0.322 e. The highest BCUT2D eigenvalue weighted by molar-refractivity contribution is 6.05. The number of nitrogens with one attached hydrogen (secondary N) is 2. The Morgan fingerprint density at radius 1 is 1.06 bits per heavy atom. The third-order valence-corrected chi connectivity index (χ3v) is 8.33. The second-order valence-corrected chi connectivity index (χ2v) is 10.4. The van der Waals surface area contributed by atoms with E-state index < -0.39 is 6.04 Å². The number of hydrogen-bond acceptors (Lipinski definition) is 4. The summed E-state index contributed by atoms with van der Waals surface area (Å²) in [6.07, 6.45) is 11.0. The maximum absolute atomic E-state index is 12.9. The Hall–Kier alpha value is -2.21. The summed E-state index contributed by atoms with van der Waals surface area (Å²) in [4.78, 5) is 38.3. The molecule has 172 valence electrons. The van der Waals surface area contributed by atoms with Crippen molar-refractivity contribution in [3.8, 4) is 0 Å². The first-order valence-corrected chi connectivity index (χ1v) is 12.5. The van der Waals surface area contributed by atoms with E-state index in [4.69, 9.17) is 0 Å². The van der Waals surface area contributed by atoms with E-state index in [1.807, 2.05) is 6.07 Å². The molecule has 2 heterocycles. The van der Waals surface area contributed by atoms with Crippen LogP contribution in [0.25, 0.3) is 0 Å². The summed E-state index contributed by atoms with van der Waals surface area (Å²) in [5.74, 6) is 0.793. The molecular formula is C26H35N3O3. The number of fused-ring (bicyclic) bond motifs is 1. The Bertz CT molecular complexity index is 910. The number of rotatable bonds is 6. The van der Waals surface area contributed by atoms with Gasteiger partial charge in [0.25, 0.3) is 5.91 Å². The molecule has 4 aliphatic rings. The molecule has 2 saturated carbocycles. The molecule has 0 radical (unpaired) electrons. The highest BCUT2D eigenvalue weighted by Gasteiger charge is 2.39. The molecule has 1 unspecified atom stereocenters. The number of carbonyl (C=O) groups is 3. The molecule has 1 saturated heterocycles. The maximum Gasteiger partial charge on any atom is 0.255 e. The Morgan fingerprint density at radius 3 is 2.62 bits per heavy atom. The van der Waals surface area contributed by atoms with Gasteiger partial charge in [0.05, 0.1) is 0 Å². The van der Waals surface area contributed by atoms with E-state index in [9.17, 15) is 14.4 Å². The quantitative estimate of drug-likeness (QED) is 0.669. The molecule has 0 bridgehead atoms. The summed E-state index contributed by atoms with van der Waals surface area (Å²) in [5, 5.41) is 6.35. The summed E-state index contributed by atoms with van der Waals surface area (Å²) in [5.41, 5.74) is 3.01. The van der Waals surface area contributed by atoms with Crippen LogP contribution in [0.1, 0.15) is 86.2 Å². The van der Waals surface area contributed by atoms with Crippen LogP contribution in [0, 0.1) is 11.8 Å². The van der Waals surface area contributed by atoms with E-state index in [-0.39, 0.29) is 24.1 Å². The molecule has 0 aromatic heterocycles. The molecule has 32 heavy (non-hydrogen) atoms. The lowest BCUT2D eigenvalue weighted by molar-refractivity contribution is -0.136. The summed E-state index contributed by atoms with van der Waals surface area (Å²) in [6, 6.07) is 6.87. The van der Waals surface area contributed by atoms with Crippen LogP contribution in [-0.2, 0) is 22.6 Å².